The van der Waals surface area contributed by atoms with E-state index in [-0.39, 0.29) is 5.56 Å². The smallest absolute Gasteiger partial charge is 0.258 e. The van der Waals surface area contributed by atoms with Crippen molar-refractivity contribution in [1.29, 1.82) is 5.26 Å². The molecule has 164 valence electrons. The van der Waals surface area contributed by atoms with Crippen LogP contribution in [0.15, 0.2) is 71.7 Å². The Bertz CT molecular complexity index is 1590. The Hall–Kier alpha value is -4.11. The molecule has 5 nitrogen and oxygen atoms in total. The third-order valence-corrected chi connectivity index (χ3v) is 6.16. The van der Waals surface area contributed by atoms with E-state index in [9.17, 15) is 14.4 Å². The summed E-state index contributed by atoms with van der Waals surface area (Å²) in [7, 11) is 1.62. The van der Waals surface area contributed by atoms with E-state index in [1.165, 1.54) is 0 Å². The Morgan fingerprint density at radius 3 is 2.48 bits per heavy atom. The molecule has 2 heterocycles. The van der Waals surface area contributed by atoms with Crippen LogP contribution in [0.3, 0.4) is 0 Å². The van der Waals surface area contributed by atoms with Gasteiger partial charge >= 0.3 is 0 Å². The van der Waals surface area contributed by atoms with Gasteiger partial charge in [0.1, 0.15) is 5.75 Å². The first kappa shape index (κ1) is 20.8. The fraction of sp³-hybridized carbons (Fsp3) is 0.185. The number of methoxy groups -OCH3 is 1. The van der Waals surface area contributed by atoms with Crippen LogP contribution in [0.1, 0.15) is 17.5 Å². The number of nitrogens with zero attached hydrogens (tertiary/aromatic N) is 3. The predicted octanol–water partition coefficient (Wildman–Crippen LogP) is 5.40. The van der Waals surface area contributed by atoms with Crippen molar-refractivity contribution in [3.8, 4) is 11.8 Å². The first-order valence-electron chi connectivity index (χ1n) is 10.8. The number of ether oxygens (including phenoxy) is 1. The van der Waals surface area contributed by atoms with Gasteiger partial charge in [-0.25, -0.2) is 0 Å². The summed E-state index contributed by atoms with van der Waals surface area (Å²) in [5.74, 6) is 0.768. The van der Waals surface area contributed by atoms with Crippen LogP contribution in [0.25, 0.3) is 32.6 Å². The molecular weight excluding hydrogens is 417 g/mol. The fourth-order valence-electron chi connectivity index (χ4n) is 4.60. The maximum atomic E-state index is 13.4. The second-order valence-electron chi connectivity index (χ2n) is 8.02. The molecule has 0 saturated carbocycles. The van der Waals surface area contributed by atoms with E-state index in [2.05, 4.69) is 6.07 Å². The number of nitriles is 1. The minimum absolute atomic E-state index is 0.0932. The number of halogens is 1. The van der Waals surface area contributed by atoms with E-state index in [0.717, 1.165) is 38.5 Å². The van der Waals surface area contributed by atoms with E-state index in [1.807, 2.05) is 59.2 Å². The molecule has 6 heteroatoms. The Kier molecular flexibility index (Phi) is 5.31. The van der Waals surface area contributed by atoms with Crippen LogP contribution in [-0.2, 0) is 13.1 Å². The highest BCUT2D eigenvalue weighted by Crippen LogP contribution is 2.36. The third kappa shape index (κ3) is 3.42. The number of pyridine rings is 1. The largest absolute Gasteiger partial charge is 0.497 e. The summed E-state index contributed by atoms with van der Waals surface area (Å²) in [5, 5.41) is 12.8. The zero-order chi connectivity index (χ0) is 22.9. The second kappa shape index (κ2) is 8.44. The molecule has 0 aliphatic rings. The monoisotopic (exact) mass is 439 g/mol. The van der Waals surface area contributed by atoms with Gasteiger partial charge in [0, 0.05) is 34.4 Å². The molecule has 0 radical (unpaired) electrons. The summed E-state index contributed by atoms with van der Waals surface area (Å²) in [4.78, 5) is 13.4. The maximum absolute atomic E-state index is 13.4. The zero-order valence-electron chi connectivity index (χ0n) is 18.2. The van der Waals surface area contributed by atoms with Gasteiger partial charge in [0.05, 0.1) is 37.5 Å². The van der Waals surface area contributed by atoms with Crippen LogP contribution in [0.4, 0.5) is 4.39 Å². The molecule has 5 rings (SSSR count). The van der Waals surface area contributed by atoms with E-state index in [1.54, 1.807) is 23.9 Å². The van der Waals surface area contributed by atoms with Crippen molar-refractivity contribution in [3.05, 3.63) is 88.3 Å². The van der Waals surface area contributed by atoms with Crippen molar-refractivity contribution < 1.29 is 9.13 Å². The average molecular weight is 439 g/mol. The molecule has 5 aromatic rings. The van der Waals surface area contributed by atoms with Crippen LogP contribution in [0.5, 0.6) is 5.75 Å². The van der Waals surface area contributed by atoms with E-state index < -0.39 is 6.67 Å². The number of hydrogen-bond acceptors (Lipinski definition) is 3. The van der Waals surface area contributed by atoms with E-state index in [4.69, 9.17) is 4.74 Å². The van der Waals surface area contributed by atoms with Crippen molar-refractivity contribution in [2.75, 3.05) is 13.8 Å². The van der Waals surface area contributed by atoms with Gasteiger partial charge in [0.25, 0.3) is 5.56 Å². The Morgan fingerprint density at radius 2 is 1.76 bits per heavy atom. The maximum Gasteiger partial charge on any atom is 0.258 e. The first-order valence-corrected chi connectivity index (χ1v) is 10.8. The van der Waals surface area contributed by atoms with Gasteiger partial charge in [0.2, 0.25) is 0 Å². The Labute approximate surface area is 189 Å². The standard InChI is InChI=1S/C27H22FN3O2/c1-33-20-8-6-18(7-9-20)17-30-15-12-21-22(27(30)32)10-11-24-26(21)25-19(16-29)4-2-5-23(25)31(24)14-3-13-28/h2,4-12,15H,3,13-14,17H2,1H3. The minimum Gasteiger partial charge on any atom is -0.497 e. The lowest BCUT2D eigenvalue weighted by molar-refractivity contribution is 0.414. The van der Waals surface area contributed by atoms with Gasteiger partial charge in [-0.2, -0.15) is 5.26 Å². The van der Waals surface area contributed by atoms with Gasteiger partial charge in [-0.3, -0.25) is 9.18 Å². The number of aromatic nitrogens is 2. The third-order valence-electron chi connectivity index (χ3n) is 6.16. The molecule has 0 amide bonds. The molecule has 2 aromatic heterocycles. The lowest BCUT2D eigenvalue weighted by Crippen LogP contribution is -2.20. The molecule has 0 fully saturated rings. The SMILES string of the molecule is COc1ccc(Cn2ccc3c(ccc4c3c3c(C#N)cccc3n4CCCF)c2=O)cc1. The Balaban J connectivity index is 1.73. The molecular formula is C27H22FN3O2. The highest BCUT2D eigenvalue weighted by molar-refractivity contribution is 6.22. The molecule has 0 unspecified atom stereocenters. The lowest BCUT2D eigenvalue weighted by atomic mass is 10.0. The summed E-state index contributed by atoms with van der Waals surface area (Å²) < 4.78 is 21.9. The molecule has 33 heavy (non-hydrogen) atoms. The Morgan fingerprint density at radius 1 is 0.970 bits per heavy atom. The number of benzene rings is 3. The summed E-state index contributed by atoms with van der Waals surface area (Å²) >= 11 is 0. The van der Waals surface area contributed by atoms with Crippen LogP contribution < -0.4 is 10.3 Å². The molecule has 0 saturated heterocycles. The topological polar surface area (TPSA) is 60.0 Å². The van der Waals surface area contributed by atoms with Crippen molar-refractivity contribution in [2.24, 2.45) is 0 Å². The lowest BCUT2D eigenvalue weighted by Gasteiger charge is -2.10. The molecule has 0 bridgehead atoms. The minimum atomic E-state index is -0.414. The molecule has 0 spiro atoms. The molecule has 0 atom stereocenters. The highest BCUT2D eigenvalue weighted by atomic mass is 19.1. The van der Waals surface area contributed by atoms with Crippen LogP contribution in [0.2, 0.25) is 0 Å². The summed E-state index contributed by atoms with van der Waals surface area (Å²) in [6.07, 6.45) is 2.19. The van der Waals surface area contributed by atoms with Gasteiger partial charge in [-0.05, 0) is 59.8 Å². The number of rotatable bonds is 6. The van der Waals surface area contributed by atoms with Crippen molar-refractivity contribution >= 4 is 32.6 Å². The number of fused-ring (bicyclic) bond motifs is 5. The van der Waals surface area contributed by atoms with Gasteiger partial charge < -0.3 is 13.9 Å². The zero-order valence-corrected chi connectivity index (χ0v) is 18.2. The van der Waals surface area contributed by atoms with Crippen LogP contribution >= 0.6 is 0 Å². The van der Waals surface area contributed by atoms with Crippen LogP contribution in [0, 0.1) is 11.3 Å². The normalized spacial score (nSPS) is 11.3. The van der Waals surface area contributed by atoms with Crippen molar-refractivity contribution in [3.63, 3.8) is 0 Å². The van der Waals surface area contributed by atoms with E-state index in [0.29, 0.717) is 30.5 Å². The molecule has 0 aliphatic carbocycles. The highest BCUT2D eigenvalue weighted by Gasteiger charge is 2.17. The molecule has 3 aromatic carbocycles. The second-order valence-corrected chi connectivity index (χ2v) is 8.02. The summed E-state index contributed by atoms with van der Waals surface area (Å²) in [6.45, 7) is 0.534. The fourth-order valence-corrected chi connectivity index (χ4v) is 4.60. The van der Waals surface area contributed by atoms with Crippen LogP contribution in [-0.4, -0.2) is 22.9 Å². The number of alkyl halides is 1. The van der Waals surface area contributed by atoms with Crippen molar-refractivity contribution in [2.45, 2.75) is 19.5 Å². The van der Waals surface area contributed by atoms with E-state index >= 15 is 0 Å². The predicted molar refractivity (Wildman–Crippen MR) is 129 cm³/mol. The molecule has 0 aliphatic heterocycles. The summed E-state index contributed by atoms with van der Waals surface area (Å²) in [5.41, 5.74) is 3.23. The van der Waals surface area contributed by atoms with Gasteiger partial charge in [0.15, 0.2) is 0 Å². The van der Waals surface area contributed by atoms with Gasteiger partial charge in [-0.1, -0.05) is 18.2 Å². The number of aryl methyl sites for hydroxylation is 1. The van der Waals surface area contributed by atoms with Gasteiger partial charge in [-0.15, -0.1) is 0 Å². The quantitative estimate of drug-likeness (QED) is 0.356. The summed E-state index contributed by atoms with van der Waals surface area (Å²) in [6, 6.07) is 21.2. The number of hydrogen-bond donors (Lipinski definition) is 0. The molecule has 0 N–H and O–H groups in total. The first-order chi connectivity index (χ1) is 16.2. The average Bonchev–Trinajstić information content (AvgIpc) is 3.18. The van der Waals surface area contributed by atoms with Crippen molar-refractivity contribution in [1.82, 2.24) is 9.13 Å².